The van der Waals surface area contributed by atoms with Crippen molar-refractivity contribution in [3.63, 3.8) is 0 Å². The number of hydrogen-bond acceptors (Lipinski definition) is 3. The van der Waals surface area contributed by atoms with Crippen molar-refractivity contribution in [2.45, 2.75) is 26.7 Å². The number of Topliss-reactive ketones (excluding diaryl/α,β-unsaturated/α-hetero) is 1. The highest BCUT2D eigenvalue weighted by molar-refractivity contribution is 5.97. The number of carboxylic acids is 1. The summed E-state index contributed by atoms with van der Waals surface area (Å²) in [4.78, 5) is 22.5. The molecule has 0 aliphatic rings. The van der Waals surface area contributed by atoms with E-state index < -0.39 is 5.97 Å². The van der Waals surface area contributed by atoms with Gasteiger partial charge >= 0.3 is 5.97 Å². The van der Waals surface area contributed by atoms with Gasteiger partial charge in [0.2, 0.25) is 0 Å². The molecule has 1 N–H and O–H groups in total. The Labute approximate surface area is 107 Å². The van der Waals surface area contributed by atoms with Gasteiger partial charge < -0.3 is 9.84 Å². The van der Waals surface area contributed by atoms with Crippen molar-refractivity contribution < 1.29 is 19.4 Å². The molecule has 0 aliphatic heterocycles. The summed E-state index contributed by atoms with van der Waals surface area (Å²) >= 11 is 0. The molecule has 0 fully saturated rings. The second kappa shape index (κ2) is 6.19. The lowest BCUT2D eigenvalue weighted by molar-refractivity contribution is -0.136. The van der Waals surface area contributed by atoms with Crippen molar-refractivity contribution in [2.75, 3.05) is 7.11 Å². The van der Waals surface area contributed by atoms with Gasteiger partial charge in [0.25, 0.3) is 0 Å². The van der Waals surface area contributed by atoms with Gasteiger partial charge in [0, 0.05) is 17.9 Å². The Kier molecular flexibility index (Phi) is 4.89. The van der Waals surface area contributed by atoms with Gasteiger partial charge in [0.1, 0.15) is 5.75 Å². The summed E-state index contributed by atoms with van der Waals surface area (Å²) in [7, 11) is 1.53. The molecule has 0 radical (unpaired) electrons. The quantitative estimate of drug-likeness (QED) is 0.788. The van der Waals surface area contributed by atoms with Crippen LogP contribution in [0.4, 0.5) is 0 Å². The molecule has 0 amide bonds. The van der Waals surface area contributed by atoms with Crippen LogP contribution in [-0.4, -0.2) is 24.0 Å². The first-order valence-corrected chi connectivity index (χ1v) is 5.88. The van der Waals surface area contributed by atoms with Gasteiger partial charge in [-0.3, -0.25) is 9.59 Å². The van der Waals surface area contributed by atoms with Crippen molar-refractivity contribution in [1.29, 1.82) is 0 Å². The van der Waals surface area contributed by atoms with Crippen molar-refractivity contribution >= 4 is 11.8 Å². The van der Waals surface area contributed by atoms with Crippen LogP contribution in [0.1, 0.15) is 36.2 Å². The molecule has 0 saturated carbocycles. The molecule has 1 aromatic carbocycles. The van der Waals surface area contributed by atoms with Crippen LogP contribution in [0.15, 0.2) is 18.2 Å². The van der Waals surface area contributed by atoms with Crippen LogP contribution >= 0.6 is 0 Å². The van der Waals surface area contributed by atoms with Gasteiger partial charge in [-0.25, -0.2) is 0 Å². The van der Waals surface area contributed by atoms with Crippen LogP contribution in [0, 0.1) is 5.92 Å². The first-order valence-electron chi connectivity index (χ1n) is 5.88. The number of hydrogen-bond donors (Lipinski definition) is 1. The summed E-state index contributed by atoms with van der Waals surface area (Å²) in [5, 5.41) is 8.70. The molecule has 98 valence electrons. The molecule has 4 heteroatoms. The van der Waals surface area contributed by atoms with Gasteiger partial charge in [0.05, 0.1) is 7.11 Å². The van der Waals surface area contributed by atoms with E-state index in [0.29, 0.717) is 17.7 Å². The standard InChI is InChI=1S/C14H18O4/c1-9(2)14(17)11-4-6-12(18-3)10(8-11)5-7-13(15)16/h4,6,8-9H,5,7H2,1-3H3,(H,15,16). The van der Waals surface area contributed by atoms with E-state index in [2.05, 4.69) is 0 Å². The van der Waals surface area contributed by atoms with E-state index in [4.69, 9.17) is 9.84 Å². The van der Waals surface area contributed by atoms with E-state index in [1.165, 1.54) is 7.11 Å². The Morgan fingerprint density at radius 3 is 2.50 bits per heavy atom. The second-order valence-corrected chi connectivity index (χ2v) is 4.44. The molecule has 0 bridgehead atoms. The minimum absolute atomic E-state index is 0.0235. The Morgan fingerprint density at radius 2 is 2.00 bits per heavy atom. The number of aliphatic carboxylic acids is 1. The normalized spacial score (nSPS) is 10.4. The van der Waals surface area contributed by atoms with E-state index in [1.807, 2.05) is 13.8 Å². The van der Waals surface area contributed by atoms with Crippen molar-refractivity contribution in [2.24, 2.45) is 5.92 Å². The highest BCUT2D eigenvalue weighted by Crippen LogP contribution is 2.22. The summed E-state index contributed by atoms with van der Waals surface area (Å²) in [5.41, 5.74) is 1.36. The van der Waals surface area contributed by atoms with Gasteiger partial charge in [-0.2, -0.15) is 0 Å². The van der Waals surface area contributed by atoms with Crippen molar-refractivity contribution in [3.8, 4) is 5.75 Å². The highest BCUT2D eigenvalue weighted by Gasteiger charge is 2.13. The molecule has 0 heterocycles. The lowest BCUT2D eigenvalue weighted by Crippen LogP contribution is -2.08. The van der Waals surface area contributed by atoms with Crippen LogP contribution in [0.2, 0.25) is 0 Å². The summed E-state index contributed by atoms with van der Waals surface area (Å²) in [6.45, 7) is 3.67. The summed E-state index contributed by atoms with van der Waals surface area (Å²) in [6.07, 6.45) is 0.382. The first-order chi connectivity index (χ1) is 8.45. The number of aryl methyl sites for hydroxylation is 1. The zero-order chi connectivity index (χ0) is 13.7. The number of ketones is 1. The molecule has 18 heavy (non-hydrogen) atoms. The second-order valence-electron chi connectivity index (χ2n) is 4.44. The molecule has 0 unspecified atom stereocenters. The van der Waals surface area contributed by atoms with Crippen molar-refractivity contribution in [1.82, 2.24) is 0 Å². The third-order valence-corrected chi connectivity index (χ3v) is 2.70. The average molecular weight is 250 g/mol. The predicted octanol–water partition coefficient (Wildman–Crippen LogP) is 2.55. The molecule has 1 rings (SSSR count). The molecular formula is C14H18O4. The van der Waals surface area contributed by atoms with E-state index in [1.54, 1.807) is 18.2 Å². The van der Waals surface area contributed by atoms with Crippen molar-refractivity contribution in [3.05, 3.63) is 29.3 Å². The molecule has 0 spiro atoms. The molecule has 4 nitrogen and oxygen atoms in total. The van der Waals surface area contributed by atoms with Gasteiger partial charge in [0.15, 0.2) is 5.78 Å². The summed E-state index contributed by atoms with van der Waals surface area (Å²) < 4.78 is 5.17. The maximum atomic E-state index is 11.9. The lowest BCUT2D eigenvalue weighted by atomic mass is 9.97. The van der Waals surface area contributed by atoms with Crippen LogP contribution < -0.4 is 4.74 Å². The molecule has 0 aliphatic carbocycles. The molecule has 0 atom stereocenters. The molecular weight excluding hydrogens is 232 g/mol. The lowest BCUT2D eigenvalue weighted by Gasteiger charge is -2.10. The molecule has 1 aromatic rings. The SMILES string of the molecule is COc1ccc(C(=O)C(C)C)cc1CCC(=O)O. The fourth-order valence-electron chi connectivity index (χ4n) is 1.70. The third kappa shape index (κ3) is 3.58. The van der Waals surface area contributed by atoms with Crippen LogP contribution in [0.3, 0.4) is 0 Å². The summed E-state index contributed by atoms with van der Waals surface area (Å²) in [6, 6.07) is 5.16. The van der Waals surface area contributed by atoms with E-state index in [9.17, 15) is 9.59 Å². The average Bonchev–Trinajstić information content (AvgIpc) is 2.34. The van der Waals surface area contributed by atoms with E-state index in [-0.39, 0.29) is 18.1 Å². The Morgan fingerprint density at radius 1 is 1.33 bits per heavy atom. The van der Waals surface area contributed by atoms with E-state index >= 15 is 0 Å². The number of carbonyl (C=O) groups excluding carboxylic acids is 1. The van der Waals surface area contributed by atoms with Crippen LogP contribution in [0.5, 0.6) is 5.75 Å². The predicted molar refractivity (Wildman–Crippen MR) is 68.1 cm³/mol. The zero-order valence-electron chi connectivity index (χ0n) is 10.9. The topological polar surface area (TPSA) is 63.6 Å². The number of rotatable bonds is 6. The maximum Gasteiger partial charge on any atom is 0.303 e. The Balaban J connectivity index is 3.01. The first kappa shape index (κ1) is 14.2. The number of carbonyl (C=O) groups is 2. The molecule has 0 aromatic heterocycles. The highest BCUT2D eigenvalue weighted by atomic mass is 16.5. The van der Waals surface area contributed by atoms with Crippen LogP contribution in [-0.2, 0) is 11.2 Å². The number of methoxy groups -OCH3 is 1. The maximum absolute atomic E-state index is 11.9. The smallest absolute Gasteiger partial charge is 0.303 e. The Bertz CT molecular complexity index is 449. The van der Waals surface area contributed by atoms with Gasteiger partial charge in [-0.15, -0.1) is 0 Å². The number of benzene rings is 1. The zero-order valence-corrected chi connectivity index (χ0v) is 10.9. The third-order valence-electron chi connectivity index (χ3n) is 2.70. The minimum atomic E-state index is -0.863. The van der Waals surface area contributed by atoms with E-state index in [0.717, 1.165) is 5.56 Å². The van der Waals surface area contributed by atoms with Crippen LogP contribution in [0.25, 0.3) is 0 Å². The van der Waals surface area contributed by atoms with Gasteiger partial charge in [-0.1, -0.05) is 13.8 Å². The fourth-order valence-corrected chi connectivity index (χ4v) is 1.70. The monoisotopic (exact) mass is 250 g/mol. The minimum Gasteiger partial charge on any atom is -0.496 e. The molecule has 0 saturated heterocycles. The van der Waals surface area contributed by atoms with Gasteiger partial charge in [-0.05, 0) is 30.2 Å². The number of carboxylic acid groups (broad SMARTS) is 1. The Hall–Kier alpha value is -1.84. The largest absolute Gasteiger partial charge is 0.496 e. The fraction of sp³-hybridized carbons (Fsp3) is 0.429. The number of ether oxygens (including phenoxy) is 1. The summed E-state index contributed by atoms with van der Waals surface area (Å²) in [5.74, 6) is -0.269.